The average Bonchev–Trinajstić information content (AvgIpc) is 3.47. The van der Waals surface area contributed by atoms with Crippen LogP contribution in [0.3, 0.4) is 0 Å². The molecule has 0 aliphatic heterocycles. The van der Waals surface area contributed by atoms with Gasteiger partial charge in [-0.05, 0) is 25.3 Å². The van der Waals surface area contributed by atoms with Crippen LogP contribution in [0.4, 0.5) is 0 Å². The van der Waals surface area contributed by atoms with Crippen LogP contribution in [-0.2, 0) is 30.3 Å². The number of hydrogen-bond donors (Lipinski definition) is 2. The molecule has 2 rings (SSSR count). The fourth-order valence-electron chi connectivity index (χ4n) is 2.91. The summed E-state index contributed by atoms with van der Waals surface area (Å²) in [5, 5.41) is 11.7. The van der Waals surface area contributed by atoms with Gasteiger partial charge in [-0.15, -0.1) is 0 Å². The summed E-state index contributed by atoms with van der Waals surface area (Å²) in [7, 11) is 0. The van der Waals surface area contributed by atoms with E-state index < -0.39 is 36.2 Å². The number of ether oxygens (including phenoxy) is 1. The first-order valence-corrected chi connectivity index (χ1v) is 9.42. The second-order valence-corrected chi connectivity index (χ2v) is 6.70. The highest BCUT2D eigenvalue weighted by Crippen LogP contribution is 2.28. The van der Waals surface area contributed by atoms with E-state index in [1.54, 1.807) is 31.2 Å². The monoisotopic (exact) mass is 390 g/mol. The molecule has 1 aromatic rings. The molecule has 2 N–H and O–H groups in total. The van der Waals surface area contributed by atoms with Crippen molar-refractivity contribution in [3.8, 4) is 0 Å². The summed E-state index contributed by atoms with van der Waals surface area (Å²) in [6.45, 7) is 2.10. The standard InChI is InChI=1S/C20H26N2O6/c1-2-28-19(26)10-11-22(15-8-9-15)20(27)16(13-18(24)25)21-17(23)12-14-6-4-3-5-7-14/h3-7,15-16H,2,8-13H2,1H3,(H,21,23)(H,24,25)/t16-/m0/s1. The Kier molecular flexibility index (Phi) is 7.98. The van der Waals surface area contributed by atoms with Gasteiger partial charge in [-0.25, -0.2) is 0 Å². The van der Waals surface area contributed by atoms with Gasteiger partial charge in [-0.3, -0.25) is 19.2 Å². The maximum absolute atomic E-state index is 12.9. The SMILES string of the molecule is CCOC(=O)CCN(C(=O)[C@H](CC(=O)O)NC(=O)Cc1ccccc1)C1CC1. The maximum atomic E-state index is 12.9. The van der Waals surface area contributed by atoms with Gasteiger partial charge in [-0.1, -0.05) is 30.3 Å². The topological polar surface area (TPSA) is 113 Å². The van der Waals surface area contributed by atoms with Crippen molar-refractivity contribution in [3.63, 3.8) is 0 Å². The van der Waals surface area contributed by atoms with Crippen molar-refractivity contribution in [3.05, 3.63) is 35.9 Å². The lowest BCUT2D eigenvalue weighted by molar-refractivity contribution is -0.147. The first-order valence-electron chi connectivity index (χ1n) is 9.42. The van der Waals surface area contributed by atoms with E-state index in [9.17, 15) is 19.2 Å². The molecule has 0 bridgehead atoms. The fourth-order valence-corrected chi connectivity index (χ4v) is 2.91. The maximum Gasteiger partial charge on any atom is 0.307 e. The largest absolute Gasteiger partial charge is 0.481 e. The Morgan fingerprint density at radius 3 is 2.46 bits per heavy atom. The van der Waals surface area contributed by atoms with Gasteiger partial charge in [0.25, 0.3) is 0 Å². The second kappa shape index (κ2) is 10.4. The van der Waals surface area contributed by atoms with Gasteiger partial charge >= 0.3 is 11.9 Å². The molecule has 1 fully saturated rings. The number of carboxylic acid groups (broad SMARTS) is 1. The second-order valence-electron chi connectivity index (χ2n) is 6.70. The quantitative estimate of drug-likeness (QED) is 0.548. The van der Waals surface area contributed by atoms with Gasteiger partial charge in [0.05, 0.1) is 25.9 Å². The first kappa shape index (κ1) is 21.4. The van der Waals surface area contributed by atoms with Crippen LogP contribution in [-0.4, -0.2) is 59.0 Å². The third kappa shape index (κ3) is 7.02. The number of hydrogen-bond acceptors (Lipinski definition) is 5. The Morgan fingerprint density at radius 1 is 1.21 bits per heavy atom. The molecule has 0 saturated heterocycles. The van der Waals surface area contributed by atoms with Gasteiger partial charge in [0.15, 0.2) is 0 Å². The van der Waals surface area contributed by atoms with Crippen LogP contribution in [0.15, 0.2) is 30.3 Å². The Morgan fingerprint density at radius 2 is 1.89 bits per heavy atom. The predicted octanol–water partition coefficient (Wildman–Crippen LogP) is 1.13. The third-order valence-electron chi connectivity index (χ3n) is 4.35. The molecule has 0 spiro atoms. The molecule has 152 valence electrons. The minimum absolute atomic E-state index is 0.0238. The van der Waals surface area contributed by atoms with Crippen LogP contribution in [0.5, 0.6) is 0 Å². The Labute approximate surface area is 163 Å². The number of aliphatic carboxylic acids is 1. The number of benzene rings is 1. The molecule has 8 nitrogen and oxygen atoms in total. The molecule has 1 aliphatic rings. The zero-order valence-electron chi connectivity index (χ0n) is 15.9. The van der Waals surface area contributed by atoms with E-state index in [4.69, 9.17) is 9.84 Å². The minimum Gasteiger partial charge on any atom is -0.481 e. The van der Waals surface area contributed by atoms with Crippen molar-refractivity contribution in [2.24, 2.45) is 0 Å². The number of nitrogens with zero attached hydrogens (tertiary/aromatic N) is 1. The van der Waals surface area contributed by atoms with E-state index in [1.165, 1.54) is 4.90 Å². The molecule has 0 radical (unpaired) electrons. The molecule has 1 aliphatic carbocycles. The van der Waals surface area contributed by atoms with Gasteiger partial charge in [0, 0.05) is 12.6 Å². The zero-order valence-corrected chi connectivity index (χ0v) is 15.9. The smallest absolute Gasteiger partial charge is 0.307 e. The van der Waals surface area contributed by atoms with Crippen LogP contribution in [0, 0.1) is 0 Å². The predicted molar refractivity (Wildman–Crippen MR) is 100 cm³/mol. The fraction of sp³-hybridized carbons (Fsp3) is 0.500. The average molecular weight is 390 g/mol. The Balaban J connectivity index is 2.02. The molecule has 2 amide bonds. The van der Waals surface area contributed by atoms with E-state index in [0.717, 1.165) is 18.4 Å². The highest BCUT2D eigenvalue weighted by Gasteiger charge is 2.37. The van der Waals surface area contributed by atoms with Gasteiger partial charge < -0.3 is 20.1 Å². The lowest BCUT2D eigenvalue weighted by Gasteiger charge is -2.27. The van der Waals surface area contributed by atoms with E-state index in [0.29, 0.717) is 0 Å². The van der Waals surface area contributed by atoms with Gasteiger partial charge in [0.2, 0.25) is 11.8 Å². The number of amides is 2. The van der Waals surface area contributed by atoms with Crippen LogP contribution in [0.25, 0.3) is 0 Å². The van der Waals surface area contributed by atoms with E-state index in [-0.39, 0.29) is 32.0 Å². The van der Waals surface area contributed by atoms with Crippen molar-refractivity contribution in [1.29, 1.82) is 0 Å². The summed E-state index contributed by atoms with van der Waals surface area (Å²) in [4.78, 5) is 49.6. The van der Waals surface area contributed by atoms with Gasteiger partial charge in [0.1, 0.15) is 6.04 Å². The molecule has 0 aromatic heterocycles. The molecule has 1 atom stereocenters. The van der Waals surface area contributed by atoms with E-state index >= 15 is 0 Å². The zero-order chi connectivity index (χ0) is 20.5. The minimum atomic E-state index is -1.18. The van der Waals surface area contributed by atoms with Crippen LogP contribution in [0.1, 0.15) is 38.2 Å². The molecule has 1 saturated carbocycles. The molecular weight excluding hydrogens is 364 g/mol. The van der Waals surface area contributed by atoms with Crippen molar-refractivity contribution < 1.29 is 29.0 Å². The Hall–Kier alpha value is -2.90. The summed E-state index contributed by atoms with van der Waals surface area (Å²) >= 11 is 0. The van der Waals surface area contributed by atoms with Crippen LogP contribution >= 0.6 is 0 Å². The Bertz CT molecular complexity index is 702. The van der Waals surface area contributed by atoms with Crippen LogP contribution < -0.4 is 5.32 Å². The molecule has 8 heteroatoms. The molecule has 0 heterocycles. The van der Waals surface area contributed by atoms with Crippen molar-refractivity contribution >= 4 is 23.8 Å². The summed E-state index contributed by atoms with van der Waals surface area (Å²) < 4.78 is 4.89. The number of esters is 1. The van der Waals surface area contributed by atoms with E-state index in [2.05, 4.69) is 5.32 Å². The number of carbonyl (C=O) groups excluding carboxylic acids is 3. The van der Waals surface area contributed by atoms with Crippen molar-refractivity contribution in [2.45, 2.75) is 51.1 Å². The summed E-state index contributed by atoms with van der Waals surface area (Å²) in [6, 6.07) is 7.79. The number of carbonyl (C=O) groups is 4. The van der Waals surface area contributed by atoms with Crippen molar-refractivity contribution in [2.75, 3.05) is 13.2 Å². The molecule has 0 unspecified atom stereocenters. The number of rotatable bonds is 11. The normalized spacial score (nSPS) is 14.0. The number of carboxylic acids is 1. The van der Waals surface area contributed by atoms with Gasteiger partial charge in [-0.2, -0.15) is 0 Å². The van der Waals surface area contributed by atoms with Crippen LogP contribution in [0.2, 0.25) is 0 Å². The van der Waals surface area contributed by atoms with Crippen molar-refractivity contribution in [1.82, 2.24) is 10.2 Å². The third-order valence-corrected chi connectivity index (χ3v) is 4.35. The molecule has 1 aromatic carbocycles. The van der Waals surface area contributed by atoms with E-state index in [1.807, 2.05) is 6.07 Å². The lowest BCUT2D eigenvalue weighted by atomic mass is 10.1. The first-order chi connectivity index (χ1) is 13.4. The summed E-state index contributed by atoms with van der Waals surface area (Å²) in [5.74, 6) is -2.49. The number of nitrogens with one attached hydrogen (secondary N) is 1. The molecule has 28 heavy (non-hydrogen) atoms. The highest BCUT2D eigenvalue weighted by atomic mass is 16.5. The summed E-state index contributed by atoms with van der Waals surface area (Å²) in [6.07, 6.45) is 1.17. The highest BCUT2D eigenvalue weighted by molar-refractivity contribution is 5.91. The molecular formula is C20H26N2O6. The lowest BCUT2D eigenvalue weighted by Crippen LogP contribution is -2.51. The summed E-state index contributed by atoms with van der Waals surface area (Å²) in [5.41, 5.74) is 0.767.